The Bertz CT molecular complexity index is 6150. The summed E-state index contributed by atoms with van der Waals surface area (Å²) in [4.78, 5) is 4.85. The Labute approximate surface area is 510 Å². The van der Waals surface area contributed by atoms with Crippen molar-refractivity contribution in [3.05, 3.63) is 272 Å². The van der Waals surface area contributed by atoms with E-state index in [-0.39, 0.29) is 113 Å². The average Bonchev–Trinajstić information content (AvgIpc) is 0.882. The van der Waals surface area contributed by atoms with Crippen molar-refractivity contribution in [1.29, 1.82) is 0 Å². The molecule has 3 aromatic heterocycles. The van der Waals surface area contributed by atoms with E-state index in [2.05, 4.69) is 55.9 Å². The standard InChI is InChI=1S/C76H50N4O.Pt/c1-76(2,3)48-41-42-77-72(43-48)80-68-36-17-16-33-62(68)63-40-39-51(45-71(63)80)81-50-22-20-21-49(44-50)78-47-79(70-38-19-18-37-69(70)78)75-73-64-34-14-12-29-58(64)54-25-6-4-23-52(54)56-27-8-10-31-60(56)66(73)46-67-61-32-11-9-28-57(61)53-24-5-7-26-55(53)59-30-13-15-35-65(59)74(67)75;/h4-43,46H,1-3H3;/q-2;/i4D,5D,6D,7D,12D,13D,14D,15D,23D,24D,25D,26D,29D,30D,34D,35D;. The molecule has 0 aliphatic heterocycles. The van der Waals surface area contributed by atoms with Gasteiger partial charge in [-0.05, 0) is 122 Å². The van der Waals surface area contributed by atoms with E-state index in [0.29, 0.717) is 39.1 Å². The minimum Gasteiger partial charge on any atom is -0.510 e. The molecule has 0 unspecified atom stereocenters. The molecule has 392 valence electrons. The Morgan fingerprint density at radius 3 is 1.52 bits per heavy atom. The topological polar surface area (TPSA) is 35.9 Å². The predicted octanol–water partition coefficient (Wildman–Crippen LogP) is 19.2. The molecule has 5 nitrogen and oxygen atoms in total. The fraction of sp³-hybridized carbons (Fsp3) is 0.0526. The molecule has 0 amide bonds. The molecule has 0 fully saturated rings. The molecule has 6 heteroatoms. The number of benzene rings is 11. The number of fused-ring (bicyclic) bond motifs is 20. The van der Waals surface area contributed by atoms with Crippen LogP contribution in [0.1, 0.15) is 48.3 Å². The van der Waals surface area contributed by atoms with Crippen molar-refractivity contribution < 1.29 is 52.3 Å². The molecular weight excluding hydrogens is 1180 g/mol. The van der Waals surface area contributed by atoms with Crippen LogP contribution in [0.25, 0.3) is 136 Å². The smallest absolute Gasteiger partial charge is 0.268 e. The molecule has 0 bridgehead atoms. The number of para-hydroxylation sites is 3. The number of hydrogen-bond donors (Lipinski definition) is 0. The summed E-state index contributed by atoms with van der Waals surface area (Å²) in [6.07, 6.45) is 5.42. The first-order valence-corrected chi connectivity index (χ1v) is 26.4. The van der Waals surface area contributed by atoms with E-state index in [9.17, 15) is 16.4 Å². The van der Waals surface area contributed by atoms with Crippen molar-refractivity contribution in [2.24, 2.45) is 0 Å². The van der Waals surface area contributed by atoms with Gasteiger partial charge < -0.3 is 13.9 Å². The van der Waals surface area contributed by atoms with Crippen molar-refractivity contribution in [3.63, 3.8) is 0 Å². The van der Waals surface area contributed by atoms with Crippen LogP contribution in [-0.4, -0.2) is 14.1 Å². The molecule has 0 spiro atoms. The Morgan fingerprint density at radius 1 is 0.451 bits per heavy atom. The minimum absolute atomic E-state index is 0. The Hall–Kier alpha value is -9.67. The summed E-state index contributed by atoms with van der Waals surface area (Å²) in [5.41, 5.74) is 3.83. The average molecular weight is 1250 g/mol. The fourth-order valence-electron chi connectivity index (χ4n) is 11.8. The second-order valence-corrected chi connectivity index (χ2v) is 21.0. The molecule has 3 heterocycles. The number of imidazole rings is 1. The molecule has 0 saturated heterocycles. The van der Waals surface area contributed by atoms with Crippen LogP contribution >= 0.6 is 0 Å². The Morgan fingerprint density at radius 2 is 0.939 bits per heavy atom. The van der Waals surface area contributed by atoms with Crippen LogP contribution in [0.15, 0.2) is 248 Å². The number of pyridine rings is 1. The van der Waals surface area contributed by atoms with Gasteiger partial charge in [-0.1, -0.05) is 214 Å². The van der Waals surface area contributed by atoms with Crippen LogP contribution in [0.4, 0.5) is 0 Å². The largest absolute Gasteiger partial charge is 0.510 e. The van der Waals surface area contributed by atoms with Gasteiger partial charge in [-0.25, -0.2) is 4.98 Å². The van der Waals surface area contributed by atoms with Gasteiger partial charge in [0.25, 0.3) is 6.33 Å². The molecule has 0 radical (unpaired) electrons. The van der Waals surface area contributed by atoms with Gasteiger partial charge in [0.1, 0.15) is 5.82 Å². The van der Waals surface area contributed by atoms with E-state index >= 15 is 0 Å². The van der Waals surface area contributed by atoms with E-state index < -0.39 is 96.7 Å². The summed E-state index contributed by atoms with van der Waals surface area (Å²) < 4.78 is 166. The Balaban J connectivity index is 0.00000784. The molecule has 0 aliphatic rings. The summed E-state index contributed by atoms with van der Waals surface area (Å²) in [5, 5.41) is 2.01. The first kappa shape index (κ1) is 35.1. The van der Waals surface area contributed by atoms with Crippen molar-refractivity contribution >= 4 is 119 Å². The van der Waals surface area contributed by atoms with Crippen LogP contribution < -0.4 is 9.30 Å². The summed E-state index contributed by atoms with van der Waals surface area (Å²) in [6.45, 7) is 6.45. The SMILES string of the molecule is [2H]c1c([2H])c([2H])c2c(c1[2H])c1ccccc1c1cc3c4ccccc4c4c([2H])c([2H])c([2H])c([2H])c4c4c([2H])c([2H])c([2H])c([2H])c4c3c(-[n+]3[c-]n(-c4[c-]c(Oc5[c-]c6c(cc5)c5ccccc5n6-c5cc(C(C)(C)C)ccn5)ccc4)c4ccccc43)c1c1c([2H])c([2H])c([2H])c([2H])c21.[Pt]. The number of hydrogen-bond acceptors (Lipinski definition) is 2. The van der Waals surface area contributed by atoms with Crippen molar-refractivity contribution in [2.45, 2.75) is 26.2 Å². The van der Waals surface area contributed by atoms with Gasteiger partial charge in [-0.15, -0.1) is 29.7 Å². The molecule has 0 aliphatic carbocycles. The summed E-state index contributed by atoms with van der Waals surface area (Å²) >= 11 is 0. The van der Waals surface area contributed by atoms with Gasteiger partial charge in [-0.2, -0.15) is 18.2 Å². The van der Waals surface area contributed by atoms with Gasteiger partial charge >= 0.3 is 0 Å². The second kappa shape index (κ2) is 19.3. The summed E-state index contributed by atoms with van der Waals surface area (Å²) in [7, 11) is 0. The zero-order valence-corrected chi connectivity index (χ0v) is 46.2. The van der Waals surface area contributed by atoms with Gasteiger partial charge in [-0.3, -0.25) is 4.57 Å². The molecule has 16 rings (SSSR count). The van der Waals surface area contributed by atoms with Gasteiger partial charge in [0.05, 0.1) is 38.7 Å². The monoisotopic (exact) mass is 1250 g/mol. The van der Waals surface area contributed by atoms with E-state index in [0.717, 1.165) is 27.4 Å². The van der Waals surface area contributed by atoms with Gasteiger partial charge in [0.2, 0.25) is 0 Å². The summed E-state index contributed by atoms with van der Waals surface area (Å²) in [5.74, 6) is 1.34. The first-order chi connectivity index (χ1) is 46.5. The van der Waals surface area contributed by atoms with Crippen LogP contribution in [0.2, 0.25) is 0 Å². The number of aromatic nitrogens is 4. The van der Waals surface area contributed by atoms with Crippen LogP contribution in [0.3, 0.4) is 0 Å². The van der Waals surface area contributed by atoms with E-state index in [1.54, 1.807) is 94.1 Å². The molecule has 82 heavy (non-hydrogen) atoms. The van der Waals surface area contributed by atoms with Crippen molar-refractivity contribution in [3.8, 4) is 28.7 Å². The fourth-order valence-corrected chi connectivity index (χ4v) is 11.8. The second-order valence-electron chi connectivity index (χ2n) is 21.0. The van der Waals surface area contributed by atoms with Gasteiger partial charge in [0.15, 0.2) is 0 Å². The predicted molar refractivity (Wildman–Crippen MR) is 336 cm³/mol. The maximum absolute atomic E-state index is 10.3. The maximum Gasteiger partial charge on any atom is 0.268 e. The van der Waals surface area contributed by atoms with Crippen LogP contribution in [0.5, 0.6) is 11.5 Å². The molecule has 0 N–H and O–H groups in total. The van der Waals surface area contributed by atoms with E-state index in [1.165, 1.54) is 0 Å². The molecule has 16 aromatic rings. The van der Waals surface area contributed by atoms with E-state index in [4.69, 9.17) is 15.2 Å². The van der Waals surface area contributed by atoms with Crippen LogP contribution in [0, 0.1) is 18.5 Å². The number of nitrogens with zero attached hydrogens (tertiary/aromatic N) is 4. The minimum atomic E-state index is -0.708. The zero-order valence-electron chi connectivity index (χ0n) is 59.9. The van der Waals surface area contributed by atoms with Crippen LogP contribution in [-0.2, 0) is 26.5 Å². The van der Waals surface area contributed by atoms with Gasteiger partial charge in [0, 0.05) is 55.1 Å². The molecule has 13 aromatic carbocycles. The normalized spacial score (nSPS) is 14.7. The zero-order chi connectivity index (χ0) is 67.8. The first-order valence-electron chi connectivity index (χ1n) is 34.4. The summed E-state index contributed by atoms with van der Waals surface area (Å²) in [6, 6.07) is 40.9. The molecule has 0 atom stereocenters. The number of rotatable bonds is 5. The van der Waals surface area contributed by atoms with Crippen molar-refractivity contribution in [2.75, 3.05) is 0 Å². The molecular formula is C76H50N4OPt-2. The maximum atomic E-state index is 10.3. The van der Waals surface area contributed by atoms with E-state index in [1.807, 2.05) is 54.7 Å². The number of ether oxygens (including phenoxy) is 1. The quantitative estimate of drug-likeness (QED) is 0.127. The third kappa shape index (κ3) is 7.71. The molecule has 0 saturated carbocycles. The van der Waals surface area contributed by atoms with Crippen molar-refractivity contribution in [1.82, 2.24) is 14.1 Å². The third-order valence-electron chi connectivity index (χ3n) is 15.4. The Kier molecular flexibility index (Phi) is 8.26. The third-order valence-corrected chi connectivity index (χ3v) is 15.4.